The Hall–Kier alpha value is -2.68. The molecule has 0 fully saturated rings. The van der Waals surface area contributed by atoms with Crippen LogP contribution in [0.4, 0.5) is 5.13 Å². The number of carbonyl (C=O) groups is 1. The molecule has 1 unspecified atom stereocenters. The number of amides is 1. The van der Waals surface area contributed by atoms with E-state index in [-0.39, 0.29) is 17.4 Å². The highest BCUT2D eigenvalue weighted by Crippen LogP contribution is 2.39. The average molecular weight is 390 g/mol. The van der Waals surface area contributed by atoms with Crippen molar-refractivity contribution in [3.63, 3.8) is 0 Å². The third-order valence-corrected chi connectivity index (χ3v) is 4.83. The van der Waals surface area contributed by atoms with Crippen LogP contribution in [0.2, 0.25) is 5.02 Å². The predicted molar refractivity (Wildman–Crippen MR) is 96.5 cm³/mol. The second-order valence-electron chi connectivity index (χ2n) is 5.39. The molecule has 9 heteroatoms. The van der Waals surface area contributed by atoms with Gasteiger partial charge in [-0.1, -0.05) is 11.6 Å². The first-order valence-corrected chi connectivity index (χ1v) is 8.81. The fourth-order valence-electron chi connectivity index (χ4n) is 2.44. The quantitative estimate of drug-likeness (QED) is 0.711. The standard InChI is InChI=1S/C17H12ClN3O4S/c18-11-6-14-13(24-8-25-14)5-10(11)15(22)16(23)21-17-20-12(7-26-17)9-1-3-19-4-2-9/h1-7,15,22H,8H2,(H,20,21,23). The van der Waals surface area contributed by atoms with Gasteiger partial charge in [0, 0.05) is 35.0 Å². The van der Waals surface area contributed by atoms with Gasteiger partial charge in [-0.3, -0.25) is 15.1 Å². The molecule has 1 atom stereocenters. The van der Waals surface area contributed by atoms with Crippen molar-refractivity contribution in [2.24, 2.45) is 0 Å². The molecule has 0 bridgehead atoms. The predicted octanol–water partition coefficient (Wildman–Crippen LogP) is 3.26. The molecule has 1 aliphatic rings. The van der Waals surface area contributed by atoms with Crippen molar-refractivity contribution < 1.29 is 19.4 Å². The minimum Gasteiger partial charge on any atom is -0.454 e. The summed E-state index contributed by atoms with van der Waals surface area (Å²) in [6.07, 6.45) is 1.86. The van der Waals surface area contributed by atoms with Gasteiger partial charge >= 0.3 is 0 Å². The number of aliphatic hydroxyl groups is 1. The van der Waals surface area contributed by atoms with Crippen molar-refractivity contribution in [2.75, 3.05) is 12.1 Å². The van der Waals surface area contributed by atoms with Crippen molar-refractivity contribution >= 4 is 34.0 Å². The van der Waals surface area contributed by atoms with Crippen molar-refractivity contribution in [1.29, 1.82) is 0 Å². The number of carbonyl (C=O) groups excluding carboxylic acids is 1. The summed E-state index contributed by atoms with van der Waals surface area (Å²) >= 11 is 7.40. The summed E-state index contributed by atoms with van der Waals surface area (Å²) in [5.41, 5.74) is 1.83. The van der Waals surface area contributed by atoms with E-state index in [4.69, 9.17) is 21.1 Å². The maximum Gasteiger partial charge on any atom is 0.259 e. The van der Waals surface area contributed by atoms with Gasteiger partial charge in [0.25, 0.3) is 5.91 Å². The minimum absolute atomic E-state index is 0.0777. The number of aliphatic hydroxyl groups excluding tert-OH is 1. The minimum atomic E-state index is -1.47. The Morgan fingerprint density at radius 3 is 2.77 bits per heavy atom. The number of ether oxygens (including phenoxy) is 2. The molecule has 4 rings (SSSR count). The van der Waals surface area contributed by atoms with Crippen LogP contribution in [0.25, 0.3) is 11.3 Å². The summed E-state index contributed by atoms with van der Waals surface area (Å²) in [4.78, 5) is 20.7. The topological polar surface area (TPSA) is 93.6 Å². The lowest BCUT2D eigenvalue weighted by molar-refractivity contribution is -0.124. The highest BCUT2D eigenvalue weighted by atomic mass is 35.5. The smallest absolute Gasteiger partial charge is 0.259 e. The number of halogens is 1. The van der Waals surface area contributed by atoms with Crippen LogP contribution in [0, 0.1) is 0 Å². The van der Waals surface area contributed by atoms with Gasteiger partial charge in [0.15, 0.2) is 22.7 Å². The number of anilines is 1. The molecule has 0 saturated carbocycles. The van der Waals surface area contributed by atoms with Crippen LogP contribution in [-0.2, 0) is 4.79 Å². The molecule has 26 heavy (non-hydrogen) atoms. The van der Waals surface area contributed by atoms with Crippen LogP contribution in [0.5, 0.6) is 11.5 Å². The maximum atomic E-state index is 12.4. The summed E-state index contributed by atoms with van der Waals surface area (Å²) in [5, 5.41) is 15.4. The highest BCUT2D eigenvalue weighted by molar-refractivity contribution is 7.14. The van der Waals surface area contributed by atoms with E-state index in [9.17, 15) is 9.90 Å². The fraction of sp³-hybridized carbons (Fsp3) is 0.118. The molecule has 3 heterocycles. The molecule has 2 N–H and O–H groups in total. The van der Waals surface area contributed by atoms with Gasteiger partial charge in [-0.05, 0) is 18.2 Å². The Morgan fingerprint density at radius 1 is 1.27 bits per heavy atom. The number of aromatic nitrogens is 2. The number of hydrogen-bond acceptors (Lipinski definition) is 7. The molecule has 0 aliphatic carbocycles. The number of thiazole rings is 1. The second kappa shape index (κ2) is 6.91. The van der Waals surface area contributed by atoms with E-state index in [1.54, 1.807) is 12.4 Å². The van der Waals surface area contributed by atoms with Gasteiger partial charge in [-0.2, -0.15) is 0 Å². The van der Waals surface area contributed by atoms with Crippen LogP contribution < -0.4 is 14.8 Å². The van der Waals surface area contributed by atoms with E-state index in [0.717, 1.165) is 5.56 Å². The first-order chi connectivity index (χ1) is 12.6. The zero-order chi connectivity index (χ0) is 18.1. The summed E-state index contributed by atoms with van der Waals surface area (Å²) in [6.45, 7) is 0.0777. The molecular weight excluding hydrogens is 378 g/mol. The maximum absolute atomic E-state index is 12.4. The second-order valence-corrected chi connectivity index (χ2v) is 6.66. The molecule has 0 radical (unpaired) electrons. The zero-order valence-electron chi connectivity index (χ0n) is 13.2. The lowest BCUT2D eigenvalue weighted by Crippen LogP contribution is -2.21. The van der Waals surface area contributed by atoms with Crippen molar-refractivity contribution in [1.82, 2.24) is 9.97 Å². The highest BCUT2D eigenvalue weighted by Gasteiger charge is 2.25. The molecule has 2 aromatic heterocycles. The number of nitrogens with zero attached hydrogens (tertiary/aromatic N) is 2. The van der Waals surface area contributed by atoms with Crippen LogP contribution >= 0.6 is 22.9 Å². The lowest BCUT2D eigenvalue weighted by Gasteiger charge is -2.12. The zero-order valence-corrected chi connectivity index (χ0v) is 14.8. The number of nitrogens with one attached hydrogen (secondary N) is 1. The molecule has 1 amide bonds. The van der Waals surface area contributed by atoms with Gasteiger partial charge in [0.1, 0.15) is 0 Å². The number of hydrogen-bond donors (Lipinski definition) is 2. The van der Waals surface area contributed by atoms with Gasteiger partial charge < -0.3 is 14.6 Å². The Balaban J connectivity index is 1.51. The van der Waals surface area contributed by atoms with E-state index in [1.165, 1.54) is 23.5 Å². The molecule has 0 spiro atoms. The molecular formula is C17H12ClN3O4S. The molecule has 1 aromatic carbocycles. The lowest BCUT2D eigenvalue weighted by atomic mass is 10.1. The number of pyridine rings is 1. The van der Waals surface area contributed by atoms with Crippen molar-refractivity contribution in [2.45, 2.75) is 6.10 Å². The van der Waals surface area contributed by atoms with Gasteiger partial charge in [0.05, 0.1) is 10.7 Å². The molecule has 132 valence electrons. The Bertz CT molecular complexity index is 964. The summed E-state index contributed by atoms with van der Waals surface area (Å²) in [7, 11) is 0. The van der Waals surface area contributed by atoms with Crippen molar-refractivity contribution in [3.8, 4) is 22.8 Å². The number of benzene rings is 1. The molecule has 3 aromatic rings. The third kappa shape index (κ3) is 3.22. The first kappa shape index (κ1) is 16.8. The van der Waals surface area contributed by atoms with E-state index in [1.807, 2.05) is 17.5 Å². The average Bonchev–Trinajstić information content (AvgIpc) is 3.30. The fourth-order valence-corrected chi connectivity index (χ4v) is 3.42. The van der Waals surface area contributed by atoms with Gasteiger partial charge in [0.2, 0.25) is 6.79 Å². The third-order valence-electron chi connectivity index (χ3n) is 3.75. The van der Waals surface area contributed by atoms with Gasteiger partial charge in [-0.25, -0.2) is 4.98 Å². The number of fused-ring (bicyclic) bond motifs is 1. The molecule has 0 saturated heterocycles. The van der Waals surface area contributed by atoms with Crippen LogP contribution in [0.3, 0.4) is 0 Å². The van der Waals surface area contributed by atoms with Gasteiger partial charge in [-0.15, -0.1) is 11.3 Å². The summed E-state index contributed by atoms with van der Waals surface area (Å²) in [6, 6.07) is 6.66. The molecule has 1 aliphatic heterocycles. The molecule has 7 nitrogen and oxygen atoms in total. The Morgan fingerprint density at radius 2 is 2.00 bits per heavy atom. The Labute approximate surface area is 157 Å². The summed E-state index contributed by atoms with van der Waals surface area (Å²) in [5.74, 6) is 0.278. The van der Waals surface area contributed by atoms with E-state index in [0.29, 0.717) is 22.3 Å². The Kier molecular flexibility index (Phi) is 4.46. The van der Waals surface area contributed by atoms with E-state index < -0.39 is 12.0 Å². The SMILES string of the molecule is O=C(Nc1nc(-c2ccncc2)cs1)C(O)c1cc2c(cc1Cl)OCO2. The van der Waals surface area contributed by atoms with Crippen LogP contribution in [0.1, 0.15) is 11.7 Å². The monoisotopic (exact) mass is 389 g/mol. The van der Waals surface area contributed by atoms with Crippen LogP contribution in [0.15, 0.2) is 42.0 Å². The first-order valence-electron chi connectivity index (χ1n) is 7.56. The summed E-state index contributed by atoms with van der Waals surface area (Å²) < 4.78 is 10.5. The number of rotatable bonds is 4. The van der Waals surface area contributed by atoms with Crippen molar-refractivity contribution in [3.05, 3.63) is 52.6 Å². The normalized spacial score (nSPS) is 13.5. The van der Waals surface area contributed by atoms with Crippen LogP contribution in [-0.4, -0.2) is 27.8 Å². The van der Waals surface area contributed by atoms with E-state index in [2.05, 4.69) is 15.3 Å². The largest absolute Gasteiger partial charge is 0.454 e. The van der Waals surface area contributed by atoms with E-state index >= 15 is 0 Å².